The molecule has 1 aliphatic rings. The third-order valence-corrected chi connectivity index (χ3v) is 3.44. The fraction of sp³-hybridized carbons (Fsp3) is 0.250. The molecular weight excluding hydrogens is 250 g/mol. The molecule has 102 valence electrons. The van der Waals surface area contributed by atoms with Gasteiger partial charge in [-0.15, -0.1) is 0 Å². The van der Waals surface area contributed by atoms with Gasteiger partial charge in [0.1, 0.15) is 0 Å². The zero-order valence-corrected chi connectivity index (χ0v) is 11.5. The molecule has 0 aliphatic carbocycles. The number of pyridine rings is 1. The Morgan fingerprint density at radius 2 is 1.95 bits per heavy atom. The van der Waals surface area contributed by atoms with Crippen LogP contribution in [0.3, 0.4) is 0 Å². The van der Waals surface area contributed by atoms with E-state index in [9.17, 15) is 4.79 Å². The summed E-state index contributed by atoms with van der Waals surface area (Å²) in [5.74, 6) is 0.122. The van der Waals surface area contributed by atoms with Crippen molar-refractivity contribution < 1.29 is 4.79 Å². The van der Waals surface area contributed by atoms with Crippen molar-refractivity contribution >= 4 is 17.3 Å². The summed E-state index contributed by atoms with van der Waals surface area (Å²) in [5, 5.41) is 3.84. The number of para-hydroxylation sites is 1. The number of rotatable bonds is 4. The minimum atomic E-state index is 0.122. The predicted octanol–water partition coefficient (Wildman–Crippen LogP) is 2.80. The molecule has 1 aromatic heterocycles. The smallest absolute Gasteiger partial charge is 0.250 e. The molecule has 3 rings (SSSR count). The average molecular weight is 267 g/mol. The Morgan fingerprint density at radius 1 is 1.20 bits per heavy atom. The summed E-state index contributed by atoms with van der Waals surface area (Å²) >= 11 is 0. The van der Waals surface area contributed by atoms with Crippen LogP contribution in [0.2, 0.25) is 0 Å². The summed E-state index contributed by atoms with van der Waals surface area (Å²) in [6.07, 6.45) is 4.95. The first-order valence-corrected chi connectivity index (χ1v) is 6.89. The Kier molecular flexibility index (Phi) is 3.37. The highest BCUT2D eigenvalue weighted by atomic mass is 16.2. The first-order chi connectivity index (χ1) is 9.81. The second-order valence-corrected chi connectivity index (χ2v) is 4.84. The SMILES string of the molecule is CCCN(c1ccncc1)N1C(=O)Cc2ccccc21. The molecule has 0 fully saturated rings. The number of nitrogens with zero attached hydrogens (tertiary/aromatic N) is 3. The number of amides is 1. The van der Waals surface area contributed by atoms with Crippen LogP contribution in [0.15, 0.2) is 48.8 Å². The van der Waals surface area contributed by atoms with Gasteiger partial charge in [0.2, 0.25) is 5.91 Å². The molecule has 1 aliphatic heterocycles. The van der Waals surface area contributed by atoms with Crippen molar-refractivity contribution in [3.8, 4) is 0 Å². The largest absolute Gasteiger partial charge is 0.278 e. The molecular formula is C16H17N3O. The average Bonchev–Trinajstić information content (AvgIpc) is 2.82. The van der Waals surface area contributed by atoms with Crippen LogP contribution in [0.1, 0.15) is 18.9 Å². The first-order valence-electron chi connectivity index (χ1n) is 6.89. The number of benzene rings is 1. The first kappa shape index (κ1) is 12.7. The molecule has 4 nitrogen and oxygen atoms in total. The summed E-state index contributed by atoms with van der Waals surface area (Å²) in [7, 11) is 0. The van der Waals surface area contributed by atoms with Crippen LogP contribution in [-0.2, 0) is 11.2 Å². The molecule has 1 amide bonds. The number of carbonyl (C=O) groups excluding carboxylic acids is 1. The third-order valence-electron chi connectivity index (χ3n) is 3.44. The van der Waals surface area contributed by atoms with Crippen molar-refractivity contribution in [1.29, 1.82) is 0 Å². The summed E-state index contributed by atoms with van der Waals surface area (Å²) in [6.45, 7) is 2.91. The molecule has 4 heteroatoms. The summed E-state index contributed by atoms with van der Waals surface area (Å²) in [6, 6.07) is 11.8. The van der Waals surface area contributed by atoms with E-state index >= 15 is 0 Å². The van der Waals surface area contributed by atoms with Crippen LogP contribution in [0.25, 0.3) is 0 Å². The molecule has 2 heterocycles. The van der Waals surface area contributed by atoms with Gasteiger partial charge in [-0.2, -0.15) is 0 Å². The van der Waals surface area contributed by atoms with E-state index in [2.05, 4.69) is 11.9 Å². The van der Waals surface area contributed by atoms with E-state index in [0.29, 0.717) is 6.42 Å². The molecule has 0 atom stereocenters. The Balaban J connectivity index is 2.02. The maximum Gasteiger partial charge on any atom is 0.250 e. The van der Waals surface area contributed by atoms with Gasteiger partial charge >= 0.3 is 0 Å². The van der Waals surface area contributed by atoms with Crippen molar-refractivity contribution in [3.63, 3.8) is 0 Å². The standard InChI is InChI=1S/C16H17N3O/c1-2-11-18(14-7-9-17-10-8-14)19-15-6-4-3-5-13(15)12-16(19)20/h3-10H,2,11-12H2,1H3. The van der Waals surface area contributed by atoms with Gasteiger partial charge in [-0.1, -0.05) is 25.1 Å². The van der Waals surface area contributed by atoms with Crippen LogP contribution in [0.4, 0.5) is 11.4 Å². The highest BCUT2D eigenvalue weighted by Crippen LogP contribution is 2.32. The fourth-order valence-electron chi connectivity index (χ4n) is 2.58. The fourth-order valence-corrected chi connectivity index (χ4v) is 2.58. The molecule has 1 aromatic carbocycles. The third kappa shape index (κ3) is 2.13. The van der Waals surface area contributed by atoms with Crippen LogP contribution in [0, 0.1) is 0 Å². The lowest BCUT2D eigenvalue weighted by atomic mass is 10.2. The van der Waals surface area contributed by atoms with Crippen molar-refractivity contribution in [2.45, 2.75) is 19.8 Å². The molecule has 0 saturated heterocycles. The van der Waals surface area contributed by atoms with Crippen LogP contribution >= 0.6 is 0 Å². The molecule has 20 heavy (non-hydrogen) atoms. The Morgan fingerprint density at radius 3 is 2.70 bits per heavy atom. The normalized spacial score (nSPS) is 13.4. The number of carbonyl (C=O) groups is 1. The zero-order chi connectivity index (χ0) is 13.9. The van der Waals surface area contributed by atoms with Crippen LogP contribution in [0.5, 0.6) is 0 Å². The van der Waals surface area contributed by atoms with Crippen molar-refractivity contribution in [3.05, 3.63) is 54.4 Å². The lowest BCUT2D eigenvalue weighted by Crippen LogP contribution is -2.45. The van der Waals surface area contributed by atoms with E-state index in [0.717, 1.165) is 29.9 Å². The van der Waals surface area contributed by atoms with Gasteiger partial charge in [-0.3, -0.25) is 14.8 Å². The second kappa shape index (κ2) is 5.33. The topological polar surface area (TPSA) is 36.4 Å². The Hall–Kier alpha value is -2.36. The lowest BCUT2D eigenvalue weighted by Gasteiger charge is -2.33. The van der Waals surface area contributed by atoms with E-state index in [1.54, 1.807) is 17.4 Å². The summed E-state index contributed by atoms with van der Waals surface area (Å²) < 4.78 is 0. The minimum Gasteiger partial charge on any atom is -0.278 e. The molecule has 0 saturated carbocycles. The Bertz CT molecular complexity index is 612. The van der Waals surface area contributed by atoms with E-state index in [-0.39, 0.29) is 5.91 Å². The van der Waals surface area contributed by atoms with Crippen molar-refractivity contribution in [2.75, 3.05) is 16.6 Å². The number of aromatic nitrogens is 1. The van der Waals surface area contributed by atoms with Crippen LogP contribution < -0.4 is 10.0 Å². The molecule has 0 bridgehead atoms. The van der Waals surface area contributed by atoms with Crippen molar-refractivity contribution in [2.24, 2.45) is 0 Å². The van der Waals surface area contributed by atoms with E-state index in [4.69, 9.17) is 0 Å². The second-order valence-electron chi connectivity index (χ2n) is 4.84. The number of hydrogen-bond donors (Lipinski definition) is 0. The van der Waals surface area contributed by atoms with Gasteiger partial charge in [0.05, 0.1) is 17.8 Å². The quantitative estimate of drug-likeness (QED) is 0.854. The molecule has 2 aromatic rings. The molecule has 0 unspecified atom stereocenters. The molecule has 0 N–H and O–H groups in total. The zero-order valence-electron chi connectivity index (χ0n) is 11.5. The van der Waals surface area contributed by atoms with E-state index in [1.807, 2.05) is 41.4 Å². The van der Waals surface area contributed by atoms with Gasteiger partial charge in [-0.25, -0.2) is 5.01 Å². The molecule has 0 radical (unpaired) electrons. The number of fused-ring (bicyclic) bond motifs is 1. The van der Waals surface area contributed by atoms with Crippen LogP contribution in [-0.4, -0.2) is 17.4 Å². The summed E-state index contributed by atoms with van der Waals surface area (Å²) in [5.41, 5.74) is 3.07. The van der Waals surface area contributed by atoms with Gasteiger partial charge < -0.3 is 0 Å². The number of anilines is 2. The van der Waals surface area contributed by atoms with E-state index in [1.165, 1.54) is 0 Å². The van der Waals surface area contributed by atoms with Gasteiger partial charge in [0, 0.05) is 18.9 Å². The molecule has 0 spiro atoms. The monoisotopic (exact) mass is 267 g/mol. The van der Waals surface area contributed by atoms with Gasteiger partial charge in [0.25, 0.3) is 0 Å². The Labute approximate surface area is 118 Å². The summed E-state index contributed by atoms with van der Waals surface area (Å²) in [4.78, 5) is 16.4. The minimum absolute atomic E-state index is 0.122. The highest BCUT2D eigenvalue weighted by Gasteiger charge is 2.31. The van der Waals surface area contributed by atoms with Gasteiger partial charge in [0.15, 0.2) is 0 Å². The lowest BCUT2D eigenvalue weighted by molar-refractivity contribution is -0.117. The van der Waals surface area contributed by atoms with Gasteiger partial charge in [-0.05, 0) is 30.2 Å². The maximum absolute atomic E-state index is 12.4. The van der Waals surface area contributed by atoms with Crippen molar-refractivity contribution in [1.82, 2.24) is 4.98 Å². The van der Waals surface area contributed by atoms with E-state index < -0.39 is 0 Å². The highest BCUT2D eigenvalue weighted by molar-refractivity contribution is 6.03. The maximum atomic E-state index is 12.4. The number of hydrazine groups is 1. The predicted molar refractivity (Wildman–Crippen MR) is 79.5 cm³/mol. The number of hydrogen-bond acceptors (Lipinski definition) is 3.